The maximum atomic E-state index is 12.4. The summed E-state index contributed by atoms with van der Waals surface area (Å²) >= 11 is 0. The predicted molar refractivity (Wildman–Crippen MR) is 118 cm³/mol. The summed E-state index contributed by atoms with van der Waals surface area (Å²) in [7, 11) is 0. The highest BCUT2D eigenvalue weighted by atomic mass is 16.2. The van der Waals surface area contributed by atoms with Crippen molar-refractivity contribution in [3.05, 3.63) is 78.0 Å². The molecule has 4 N–H and O–H groups in total. The Labute approximate surface area is 171 Å². The minimum Gasteiger partial charge on any atom is -0.338 e. The van der Waals surface area contributed by atoms with Crippen molar-refractivity contribution in [2.24, 2.45) is 15.9 Å². The quantitative estimate of drug-likeness (QED) is 0.324. The fraction of sp³-hybridized carbons (Fsp3) is 0.227. The van der Waals surface area contributed by atoms with Crippen LogP contribution in [-0.2, 0) is 0 Å². The second-order valence-electron chi connectivity index (χ2n) is 6.67. The van der Waals surface area contributed by atoms with Crippen molar-refractivity contribution in [2.75, 3.05) is 11.4 Å². The highest BCUT2D eigenvalue weighted by Crippen LogP contribution is 2.31. The van der Waals surface area contributed by atoms with E-state index in [1.807, 2.05) is 66.4 Å². The van der Waals surface area contributed by atoms with Crippen LogP contribution in [0.25, 0.3) is 0 Å². The molecule has 29 heavy (non-hydrogen) atoms. The van der Waals surface area contributed by atoms with Crippen molar-refractivity contribution in [1.29, 1.82) is 0 Å². The standard InChI is InChI=1S/C22H26N6O/c1-4-14-24-22(29)26-21-15(2)28(16(3)27-23)19-13-9-8-12-18(19)20(25-21)17-10-6-5-7-11-17/h5-13,21H,2,4,14,23H2,1,3H3,(H2,24,26,29)/b27-16-. The lowest BCUT2D eigenvalue weighted by molar-refractivity contribution is 0.238. The van der Waals surface area contributed by atoms with Crippen LogP contribution in [0, 0.1) is 0 Å². The molecule has 0 aliphatic carbocycles. The summed E-state index contributed by atoms with van der Waals surface area (Å²) < 4.78 is 0. The maximum absolute atomic E-state index is 12.4. The monoisotopic (exact) mass is 390 g/mol. The molecule has 0 saturated heterocycles. The molecule has 1 unspecified atom stereocenters. The van der Waals surface area contributed by atoms with Gasteiger partial charge in [-0.2, -0.15) is 5.10 Å². The van der Waals surface area contributed by atoms with E-state index in [2.05, 4.69) is 22.3 Å². The van der Waals surface area contributed by atoms with Crippen LogP contribution in [0.2, 0.25) is 0 Å². The number of amidine groups is 1. The van der Waals surface area contributed by atoms with E-state index < -0.39 is 6.17 Å². The number of anilines is 1. The number of hydrazone groups is 1. The molecule has 0 bridgehead atoms. The number of para-hydroxylation sites is 1. The third-order valence-corrected chi connectivity index (χ3v) is 4.62. The molecule has 1 atom stereocenters. The first-order chi connectivity index (χ1) is 14.1. The number of nitrogens with two attached hydrogens (primary N) is 1. The largest absolute Gasteiger partial charge is 0.338 e. The van der Waals surface area contributed by atoms with Crippen LogP contribution in [0.4, 0.5) is 10.5 Å². The van der Waals surface area contributed by atoms with Crippen molar-refractivity contribution in [1.82, 2.24) is 10.6 Å². The van der Waals surface area contributed by atoms with E-state index in [0.29, 0.717) is 18.1 Å². The Bertz CT molecular complexity index is 951. The number of benzene rings is 2. The Hall–Kier alpha value is -3.61. The second kappa shape index (κ2) is 9.05. The lowest BCUT2D eigenvalue weighted by Crippen LogP contribution is -2.46. The molecule has 2 aromatic rings. The second-order valence-corrected chi connectivity index (χ2v) is 6.67. The van der Waals surface area contributed by atoms with Gasteiger partial charge < -0.3 is 16.5 Å². The molecule has 2 amide bonds. The van der Waals surface area contributed by atoms with Gasteiger partial charge in [-0.25, -0.2) is 4.79 Å². The SMILES string of the molecule is C=C1C(NC(=O)NCCC)N=C(c2ccccc2)c2ccccc2N1/C(C)=N\N. The molecular weight excluding hydrogens is 364 g/mol. The van der Waals surface area contributed by atoms with E-state index in [-0.39, 0.29) is 6.03 Å². The van der Waals surface area contributed by atoms with E-state index in [9.17, 15) is 4.79 Å². The lowest BCUT2D eigenvalue weighted by Gasteiger charge is -2.28. The number of hydrogen-bond donors (Lipinski definition) is 3. The summed E-state index contributed by atoms with van der Waals surface area (Å²) in [6.45, 7) is 8.57. The molecule has 1 aliphatic rings. The van der Waals surface area contributed by atoms with Gasteiger partial charge in [-0.05, 0) is 19.4 Å². The number of nitrogens with one attached hydrogen (secondary N) is 2. The highest BCUT2D eigenvalue weighted by Gasteiger charge is 2.30. The molecule has 7 heteroatoms. The van der Waals surface area contributed by atoms with Crippen LogP contribution in [0.1, 0.15) is 31.4 Å². The van der Waals surface area contributed by atoms with Gasteiger partial charge in [0.2, 0.25) is 0 Å². The zero-order valence-electron chi connectivity index (χ0n) is 16.7. The number of carbonyl (C=O) groups is 1. The number of benzodiazepines with no additional fused rings is 1. The molecule has 0 radical (unpaired) electrons. The summed E-state index contributed by atoms with van der Waals surface area (Å²) in [6.07, 6.45) is 0.153. The van der Waals surface area contributed by atoms with Gasteiger partial charge in [0, 0.05) is 17.7 Å². The molecule has 150 valence electrons. The smallest absolute Gasteiger partial charge is 0.316 e. The fourth-order valence-corrected chi connectivity index (χ4v) is 3.21. The van der Waals surface area contributed by atoms with Crippen molar-refractivity contribution in [2.45, 2.75) is 26.4 Å². The highest BCUT2D eigenvalue weighted by molar-refractivity contribution is 6.19. The third-order valence-electron chi connectivity index (χ3n) is 4.62. The molecular formula is C22H26N6O. The number of amides is 2. The molecule has 0 aromatic heterocycles. The predicted octanol–water partition coefficient (Wildman–Crippen LogP) is 3.19. The molecule has 2 aromatic carbocycles. The first-order valence-electron chi connectivity index (χ1n) is 9.57. The Balaban J connectivity index is 2.14. The topological polar surface area (TPSA) is 95.1 Å². The Morgan fingerprint density at radius 2 is 1.90 bits per heavy atom. The lowest BCUT2D eigenvalue weighted by atomic mass is 10.0. The summed E-state index contributed by atoms with van der Waals surface area (Å²) in [5.41, 5.74) is 4.01. The summed E-state index contributed by atoms with van der Waals surface area (Å²) in [5, 5.41) is 9.60. The van der Waals surface area contributed by atoms with Gasteiger partial charge in [-0.1, -0.05) is 62.0 Å². The number of urea groups is 1. The van der Waals surface area contributed by atoms with Crippen molar-refractivity contribution in [3.63, 3.8) is 0 Å². The molecule has 1 aliphatic heterocycles. The summed E-state index contributed by atoms with van der Waals surface area (Å²) in [5.74, 6) is 6.15. The molecule has 1 heterocycles. The maximum Gasteiger partial charge on any atom is 0.316 e. The van der Waals surface area contributed by atoms with E-state index in [0.717, 1.165) is 28.9 Å². The van der Waals surface area contributed by atoms with Crippen LogP contribution < -0.4 is 21.4 Å². The van der Waals surface area contributed by atoms with Gasteiger partial charge in [-0.3, -0.25) is 9.89 Å². The van der Waals surface area contributed by atoms with Crippen LogP contribution in [0.5, 0.6) is 0 Å². The Morgan fingerprint density at radius 1 is 1.21 bits per heavy atom. The summed E-state index contributed by atoms with van der Waals surface area (Å²) in [4.78, 5) is 19.1. The van der Waals surface area contributed by atoms with Crippen molar-refractivity contribution in [3.8, 4) is 0 Å². The number of rotatable bonds is 4. The zero-order valence-corrected chi connectivity index (χ0v) is 16.7. The van der Waals surface area contributed by atoms with Gasteiger partial charge in [-0.15, -0.1) is 0 Å². The minimum atomic E-state index is -0.689. The van der Waals surface area contributed by atoms with E-state index in [1.54, 1.807) is 6.92 Å². The first-order valence-corrected chi connectivity index (χ1v) is 9.57. The number of fused-ring (bicyclic) bond motifs is 1. The average molecular weight is 390 g/mol. The van der Waals surface area contributed by atoms with Gasteiger partial charge in [0.1, 0.15) is 5.84 Å². The molecule has 0 spiro atoms. The van der Waals surface area contributed by atoms with Crippen molar-refractivity contribution < 1.29 is 4.79 Å². The number of carbonyl (C=O) groups excluding carboxylic acids is 1. The van der Waals surface area contributed by atoms with Crippen LogP contribution in [-0.4, -0.2) is 30.3 Å². The normalized spacial score (nSPS) is 16.6. The average Bonchev–Trinajstić information content (AvgIpc) is 2.87. The Morgan fingerprint density at radius 3 is 2.59 bits per heavy atom. The van der Waals surface area contributed by atoms with E-state index in [4.69, 9.17) is 10.8 Å². The first kappa shape index (κ1) is 20.1. The van der Waals surface area contributed by atoms with Gasteiger partial charge in [0.15, 0.2) is 6.17 Å². The molecule has 7 nitrogen and oxygen atoms in total. The zero-order chi connectivity index (χ0) is 20.8. The minimum absolute atomic E-state index is 0.303. The van der Waals surface area contributed by atoms with E-state index in [1.165, 1.54) is 0 Å². The number of aliphatic imine (C=N–C) groups is 1. The summed E-state index contributed by atoms with van der Waals surface area (Å²) in [6, 6.07) is 17.4. The third kappa shape index (κ3) is 4.29. The van der Waals surface area contributed by atoms with Crippen LogP contribution in [0.3, 0.4) is 0 Å². The van der Waals surface area contributed by atoms with Crippen LogP contribution >= 0.6 is 0 Å². The van der Waals surface area contributed by atoms with Crippen LogP contribution in [0.15, 0.2) is 77.0 Å². The fourth-order valence-electron chi connectivity index (χ4n) is 3.21. The number of hydrogen-bond acceptors (Lipinski definition) is 4. The molecule has 0 saturated carbocycles. The van der Waals surface area contributed by atoms with Gasteiger partial charge in [0.05, 0.1) is 17.1 Å². The van der Waals surface area contributed by atoms with Gasteiger partial charge in [0.25, 0.3) is 0 Å². The number of nitrogens with zero attached hydrogens (tertiary/aromatic N) is 3. The molecule has 0 fully saturated rings. The van der Waals surface area contributed by atoms with E-state index >= 15 is 0 Å². The van der Waals surface area contributed by atoms with Crippen molar-refractivity contribution >= 4 is 23.3 Å². The van der Waals surface area contributed by atoms with Gasteiger partial charge >= 0.3 is 6.03 Å². The Kier molecular flexibility index (Phi) is 6.29. The molecule has 3 rings (SSSR count).